The number of thiophene rings is 1. The molecule has 0 radical (unpaired) electrons. The lowest BCUT2D eigenvalue weighted by atomic mass is 9.97. The quantitative estimate of drug-likeness (QED) is 0.689. The molecule has 3 rings (SSSR count). The van der Waals surface area contributed by atoms with Crippen molar-refractivity contribution in [3.8, 4) is 0 Å². The molecule has 1 N–H and O–H groups in total. The molecule has 1 unspecified atom stereocenters. The van der Waals surface area contributed by atoms with E-state index in [4.69, 9.17) is 11.6 Å². The van der Waals surface area contributed by atoms with Crippen LogP contribution in [0.25, 0.3) is 10.8 Å². The van der Waals surface area contributed by atoms with Crippen LogP contribution in [0.2, 0.25) is 4.34 Å². The maximum absolute atomic E-state index is 14.0. The van der Waals surface area contributed by atoms with E-state index in [1.807, 2.05) is 44.3 Å². The van der Waals surface area contributed by atoms with Crippen molar-refractivity contribution in [2.24, 2.45) is 0 Å². The minimum Gasteiger partial charge on any atom is -0.309 e. The van der Waals surface area contributed by atoms with Gasteiger partial charge in [0, 0.05) is 10.3 Å². The van der Waals surface area contributed by atoms with E-state index in [1.54, 1.807) is 11.3 Å². The highest BCUT2D eigenvalue weighted by atomic mass is 35.5. The lowest BCUT2D eigenvalue weighted by molar-refractivity contribution is 0.637. The minimum atomic E-state index is -0.190. The number of fused-ring (bicyclic) bond motifs is 1. The number of hydrogen-bond donors (Lipinski definition) is 1. The van der Waals surface area contributed by atoms with Crippen LogP contribution in [0.1, 0.15) is 22.0 Å². The fourth-order valence-corrected chi connectivity index (χ4v) is 3.96. The van der Waals surface area contributed by atoms with Gasteiger partial charge >= 0.3 is 0 Å². The molecule has 0 saturated carbocycles. The standard InChI is InChI=1S/C17H15ClFNS/c1-10-9-15(21-17(10)18)16(20-2)13-7-8-14(19)12-6-4-3-5-11(12)13/h3-9,16,20H,1-2H3. The highest BCUT2D eigenvalue weighted by Crippen LogP contribution is 2.36. The summed E-state index contributed by atoms with van der Waals surface area (Å²) in [6, 6.07) is 13.0. The molecule has 108 valence electrons. The molecule has 1 nitrogen and oxygen atoms in total. The van der Waals surface area contributed by atoms with Crippen LogP contribution in [0.15, 0.2) is 42.5 Å². The zero-order valence-electron chi connectivity index (χ0n) is 11.8. The van der Waals surface area contributed by atoms with Gasteiger partial charge in [-0.25, -0.2) is 4.39 Å². The Bertz CT molecular complexity index is 777. The summed E-state index contributed by atoms with van der Waals surface area (Å²) in [7, 11) is 1.91. The van der Waals surface area contributed by atoms with Gasteiger partial charge in [-0.1, -0.05) is 41.9 Å². The molecule has 0 spiro atoms. The summed E-state index contributed by atoms with van der Waals surface area (Å²) >= 11 is 7.76. The summed E-state index contributed by atoms with van der Waals surface area (Å²) in [5.41, 5.74) is 2.13. The van der Waals surface area contributed by atoms with Crippen LogP contribution in [0.5, 0.6) is 0 Å². The van der Waals surface area contributed by atoms with Crippen molar-refractivity contribution >= 4 is 33.7 Å². The van der Waals surface area contributed by atoms with Gasteiger partial charge in [-0.3, -0.25) is 0 Å². The van der Waals surface area contributed by atoms with Gasteiger partial charge in [-0.05, 0) is 42.6 Å². The van der Waals surface area contributed by atoms with E-state index in [0.29, 0.717) is 5.39 Å². The van der Waals surface area contributed by atoms with Gasteiger partial charge in [0.1, 0.15) is 5.82 Å². The first-order valence-electron chi connectivity index (χ1n) is 6.72. The monoisotopic (exact) mass is 319 g/mol. The van der Waals surface area contributed by atoms with Crippen molar-refractivity contribution in [3.63, 3.8) is 0 Å². The molecule has 1 aromatic heterocycles. The SMILES string of the molecule is CNC(c1cc(C)c(Cl)s1)c1ccc(F)c2ccccc12. The molecule has 1 heterocycles. The Morgan fingerprint density at radius 1 is 1.14 bits per heavy atom. The molecule has 2 aromatic carbocycles. The lowest BCUT2D eigenvalue weighted by Gasteiger charge is -2.17. The first-order valence-corrected chi connectivity index (χ1v) is 7.91. The van der Waals surface area contributed by atoms with E-state index in [9.17, 15) is 4.39 Å². The van der Waals surface area contributed by atoms with Crippen LogP contribution in [-0.4, -0.2) is 7.05 Å². The second-order valence-electron chi connectivity index (χ2n) is 5.01. The Balaban J connectivity index is 2.20. The smallest absolute Gasteiger partial charge is 0.131 e. The van der Waals surface area contributed by atoms with Crippen LogP contribution in [0.3, 0.4) is 0 Å². The minimum absolute atomic E-state index is 0.00620. The van der Waals surface area contributed by atoms with Crippen molar-refractivity contribution in [1.29, 1.82) is 0 Å². The fraction of sp³-hybridized carbons (Fsp3) is 0.176. The summed E-state index contributed by atoms with van der Waals surface area (Å²) in [5.74, 6) is -0.190. The molecular formula is C17H15ClFNS. The number of nitrogens with one attached hydrogen (secondary N) is 1. The molecule has 4 heteroatoms. The van der Waals surface area contributed by atoms with Gasteiger partial charge in [0.05, 0.1) is 10.4 Å². The maximum Gasteiger partial charge on any atom is 0.131 e. The van der Waals surface area contributed by atoms with Crippen LogP contribution >= 0.6 is 22.9 Å². The van der Waals surface area contributed by atoms with Gasteiger partial charge in [-0.15, -0.1) is 11.3 Å². The number of aryl methyl sites for hydroxylation is 1. The number of rotatable bonds is 3. The Morgan fingerprint density at radius 3 is 2.48 bits per heavy atom. The van der Waals surface area contributed by atoms with Crippen LogP contribution < -0.4 is 5.32 Å². The van der Waals surface area contributed by atoms with Crippen molar-refractivity contribution in [1.82, 2.24) is 5.32 Å². The summed E-state index contributed by atoms with van der Waals surface area (Å²) in [5, 5.41) is 4.89. The molecule has 21 heavy (non-hydrogen) atoms. The van der Waals surface area contributed by atoms with Gasteiger partial charge < -0.3 is 5.32 Å². The van der Waals surface area contributed by atoms with E-state index in [2.05, 4.69) is 11.4 Å². The summed E-state index contributed by atoms with van der Waals surface area (Å²) in [6.07, 6.45) is 0. The molecule has 0 aliphatic carbocycles. The third kappa shape index (κ3) is 2.57. The normalized spacial score (nSPS) is 12.8. The third-order valence-electron chi connectivity index (χ3n) is 3.67. The van der Waals surface area contributed by atoms with Gasteiger partial charge in [0.25, 0.3) is 0 Å². The van der Waals surface area contributed by atoms with Crippen molar-refractivity contribution in [2.75, 3.05) is 7.05 Å². The second kappa shape index (κ2) is 5.76. The highest BCUT2D eigenvalue weighted by molar-refractivity contribution is 7.16. The van der Waals surface area contributed by atoms with Crippen molar-refractivity contribution in [3.05, 3.63) is 68.6 Å². The number of hydrogen-bond acceptors (Lipinski definition) is 2. The van der Waals surface area contributed by atoms with E-state index in [0.717, 1.165) is 25.7 Å². The molecular weight excluding hydrogens is 305 g/mol. The largest absolute Gasteiger partial charge is 0.309 e. The second-order valence-corrected chi connectivity index (χ2v) is 6.70. The Hall–Kier alpha value is -1.42. The number of benzene rings is 2. The molecule has 0 aliphatic heterocycles. The lowest BCUT2D eigenvalue weighted by Crippen LogP contribution is -2.17. The Morgan fingerprint density at radius 2 is 1.86 bits per heavy atom. The zero-order valence-corrected chi connectivity index (χ0v) is 13.4. The molecule has 0 saturated heterocycles. The van der Waals surface area contributed by atoms with Crippen LogP contribution in [0.4, 0.5) is 4.39 Å². The molecule has 3 aromatic rings. The Kier molecular flexibility index (Phi) is 3.98. The van der Waals surface area contributed by atoms with Crippen LogP contribution in [-0.2, 0) is 0 Å². The first kappa shape index (κ1) is 14.5. The van der Waals surface area contributed by atoms with Crippen molar-refractivity contribution < 1.29 is 4.39 Å². The average Bonchev–Trinajstić information content (AvgIpc) is 2.82. The van der Waals surface area contributed by atoms with Crippen molar-refractivity contribution in [2.45, 2.75) is 13.0 Å². The number of halogens is 2. The molecule has 1 atom stereocenters. The first-order chi connectivity index (χ1) is 10.1. The topological polar surface area (TPSA) is 12.0 Å². The molecule has 0 aliphatic rings. The summed E-state index contributed by atoms with van der Waals surface area (Å²) in [4.78, 5) is 1.14. The third-order valence-corrected chi connectivity index (χ3v) is 5.29. The fourth-order valence-electron chi connectivity index (χ4n) is 2.61. The highest BCUT2D eigenvalue weighted by Gasteiger charge is 2.19. The van der Waals surface area contributed by atoms with Gasteiger partial charge in [0.15, 0.2) is 0 Å². The molecule has 0 amide bonds. The van der Waals surface area contributed by atoms with E-state index in [-0.39, 0.29) is 11.9 Å². The van der Waals surface area contributed by atoms with Gasteiger partial charge in [0.2, 0.25) is 0 Å². The summed E-state index contributed by atoms with van der Waals surface area (Å²) in [6.45, 7) is 2.00. The van der Waals surface area contributed by atoms with E-state index < -0.39 is 0 Å². The van der Waals surface area contributed by atoms with Crippen LogP contribution in [0, 0.1) is 12.7 Å². The molecule has 0 fully saturated rings. The predicted octanol–water partition coefficient (Wildman–Crippen LogP) is 5.31. The average molecular weight is 320 g/mol. The molecule has 0 bridgehead atoms. The predicted molar refractivity (Wildman–Crippen MR) is 88.9 cm³/mol. The Labute approximate surface area is 132 Å². The van der Waals surface area contributed by atoms with E-state index >= 15 is 0 Å². The van der Waals surface area contributed by atoms with Gasteiger partial charge in [-0.2, -0.15) is 0 Å². The van der Waals surface area contributed by atoms with E-state index in [1.165, 1.54) is 6.07 Å². The zero-order chi connectivity index (χ0) is 15.0. The maximum atomic E-state index is 14.0. The summed E-state index contributed by atoms with van der Waals surface area (Å²) < 4.78 is 14.8.